The van der Waals surface area contributed by atoms with Crippen molar-refractivity contribution < 1.29 is 14.3 Å². The Labute approximate surface area is 99.9 Å². The minimum absolute atomic E-state index is 0.239. The van der Waals surface area contributed by atoms with Crippen molar-refractivity contribution in [3.8, 4) is 0 Å². The van der Waals surface area contributed by atoms with E-state index in [-0.39, 0.29) is 6.10 Å². The third-order valence-corrected chi connectivity index (χ3v) is 2.57. The van der Waals surface area contributed by atoms with E-state index in [1.165, 1.54) is 6.92 Å². The van der Waals surface area contributed by atoms with Crippen molar-refractivity contribution in [1.82, 2.24) is 10.6 Å². The molecule has 0 bridgehead atoms. The van der Waals surface area contributed by atoms with Gasteiger partial charge in [0.05, 0.1) is 6.10 Å². The van der Waals surface area contributed by atoms with Crippen molar-refractivity contribution in [3.63, 3.8) is 0 Å². The molecular formula is C10H17ClN2O3. The molecule has 92 valence electrons. The van der Waals surface area contributed by atoms with Gasteiger partial charge in [-0.25, -0.2) is 4.79 Å². The predicted octanol–water partition coefficient (Wildman–Crippen LogP) is 1.01. The molecule has 16 heavy (non-hydrogen) atoms. The zero-order chi connectivity index (χ0) is 12.0. The number of hydrogen-bond donors (Lipinski definition) is 2. The van der Waals surface area contributed by atoms with Gasteiger partial charge >= 0.3 is 6.03 Å². The first-order chi connectivity index (χ1) is 7.59. The lowest BCUT2D eigenvalue weighted by molar-refractivity contribution is -0.119. The van der Waals surface area contributed by atoms with Gasteiger partial charge in [0.1, 0.15) is 5.38 Å². The van der Waals surface area contributed by atoms with Crippen LogP contribution in [-0.2, 0) is 9.53 Å². The largest absolute Gasteiger partial charge is 0.378 e. The molecule has 2 atom stereocenters. The summed E-state index contributed by atoms with van der Waals surface area (Å²) in [6, 6.07) is -0.504. The number of alkyl halides is 1. The van der Waals surface area contributed by atoms with E-state index in [1.807, 2.05) is 0 Å². The van der Waals surface area contributed by atoms with E-state index in [1.54, 1.807) is 0 Å². The van der Waals surface area contributed by atoms with Crippen molar-refractivity contribution in [2.75, 3.05) is 13.2 Å². The van der Waals surface area contributed by atoms with Crippen molar-refractivity contribution in [2.24, 2.45) is 0 Å². The smallest absolute Gasteiger partial charge is 0.321 e. The first-order valence-corrected chi connectivity index (χ1v) is 5.87. The Kier molecular flexibility index (Phi) is 5.55. The molecule has 6 heteroatoms. The van der Waals surface area contributed by atoms with Crippen LogP contribution in [-0.4, -0.2) is 36.6 Å². The summed E-state index contributed by atoms with van der Waals surface area (Å²) < 4.78 is 5.39. The van der Waals surface area contributed by atoms with Crippen LogP contribution in [0.2, 0.25) is 0 Å². The number of imide groups is 1. The molecule has 0 aromatic carbocycles. The monoisotopic (exact) mass is 248 g/mol. The summed E-state index contributed by atoms with van der Waals surface area (Å²) in [6.07, 6.45) is 3.14. The van der Waals surface area contributed by atoms with Gasteiger partial charge < -0.3 is 10.1 Å². The summed E-state index contributed by atoms with van der Waals surface area (Å²) in [6.45, 7) is 2.82. The highest BCUT2D eigenvalue weighted by atomic mass is 35.5. The fraction of sp³-hybridized carbons (Fsp3) is 0.800. The van der Waals surface area contributed by atoms with Crippen LogP contribution < -0.4 is 10.6 Å². The van der Waals surface area contributed by atoms with Crippen LogP contribution in [0.5, 0.6) is 0 Å². The molecule has 3 amide bonds. The molecule has 0 saturated carbocycles. The molecule has 1 aliphatic rings. The van der Waals surface area contributed by atoms with Crippen LogP contribution >= 0.6 is 11.6 Å². The van der Waals surface area contributed by atoms with E-state index >= 15 is 0 Å². The number of nitrogens with one attached hydrogen (secondary N) is 2. The van der Waals surface area contributed by atoms with Gasteiger partial charge in [0.25, 0.3) is 0 Å². The maximum atomic E-state index is 11.2. The molecule has 1 fully saturated rings. The molecule has 1 saturated heterocycles. The molecule has 0 aromatic rings. The lowest BCUT2D eigenvalue weighted by Gasteiger charge is -2.10. The Morgan fingerprint density at radius 1 is 1.56 bits per heavy atom. The number of halogens is 1. The van der Waals surface area contributed by atoms with Crippen molar-refractivity contribution >= 4 is 23.5 Å². The molecule has 5 nitrogen and oxygen atoms in total. The maximum absolute atomic E-state index is 11.2. The van der Waals surface area contributed by atoms with Gasteiger partial charge in [-0.05, 0) is 26.2 Å². The molecule has 2 unspecified atom stereocenters. The van der Waals surface area contributed by atoms with Crippen LogP contribution in [0.15, 0.2) is 0 Å². The van der Waals surface area contributed by atoms with Gasteiger partial charge in [-0.1, -0.05) is 0 Å². The normalized spacial score (nSPS) is 21.5. The van der Waals surface area contributed by atoms with E-state index < -0.39 is 17.3 Å². The topological polar surface area (TPSA) is 67.4 Å². The number of urea groups is 1. The quantitative estimate of drug-likeness (QED) is 0.730. The summed E-state index contributed by atoms with van der Waals surface area (Å²) >= 11 is 5.50. The standard InChI is InChI=1S/C10H17ClN2O3/c1-7(11)9(14)13-10(15)12-5-4-8-3-2-6-16-8/h7-8H,2-6H2,1H3,(H2,12,13,14,15). The summed E-state index contributed by atoms with van der Waals surface area (Å²) in [5.74, 6) is -0.490. The lowest BCUT2D eigenvalue weighted by atomic mass is 10.2. The molecule has 1 rings (SSSR count). The van der Waals surface area contributed by atoms with Crippen LogP contribution in [0.4, 0.5) is 4.79 Å². The van der Waals surface area contributed by atoms with Crippen molar-refractivity contribution in [3.05, 3.63) is 0 Å². The summed E-state index contributed by atoms with van der Waals surface area (Å²) in [5, 5.41) is 4.02. The second kappa shape index (κ2) is 6.70. The minimum atomic E-state index is -0.705. The minimum Gasteiger partial charge on any atom is -0.378 e. The fourth-order valence-electron chi connectivity index (χ4n) is 1.47. The Morgan fingerprint density at radius 3 is 2.88 bits per heavy atom. The van der Waals surface area contributed by atoms with Crippen LogP contribution in [0.3, 0.4) is 0 Å². The van der Waals surface area contributed by atoms with E-state index in [4.69, 9.17) is 16.3 Å². The molecule has 1 heterocycles. The highest BCUT2D eigenvalue weighted by Crippen LogP contribution is 2.14. The number of amides is 3. The van der Waals surface area contributed by atoms with E-state index in [2.05, 4.69) is 10.6 Å². The number of carbonyl (C=O) groups is 2. The van der Waals surface area contributed by atoms with E-state index in [9.17, 15) is 9.59 Å². The maximum Gasteiger partial charge on any atom is 0.321 e. The zero-order valence-corrected chi connectivity index (χ0v) is 10.0. The third kappa shape index (κ3) is 4.81. The third-order valence-electron chi connectivity index (χ3n) is 2.37. The Morgan fingerprint density at radius 2 is 2.31 bits per heavy atom. The van der Waals surface area contributed by atoms with Crippen molar-refractivity contribution in [2.45, 2.75) is 37.7 Å². The average molecular weight is 249 g/mol. The molecule has 2 N–H and O–H groups in total. The Balaban J connectivity index is 2.08. The molecule has 0 radical (unpaired) electrons. The highest BCUT2D eigenvalue weighted by Gasteiger charge is 2.16. The second-order valence-corrected chi connectivity index (χ2v) is 4.44. The summed E-state index contributed by atoms with van der Waals surface area (Å²) in [5.41, 5.74) is 0. The van der Waals surface area contributed by atoms with E-state index in [0.29, 0.717) is 6.54 Å². The van der Waals surface area contributed by atoms with Crippen LogP contribution in [0.25, 0.3) is 0 Å². The van der Waals surface area contributed by atoms with Gasteiger partial charge in [0.2, 0.25) is 5.91 Å². The zero-order valence-electron chi connectivity index (χ0n) is 9.29. The molecule has 0 aliphatic carbocycles. The Bertz CT molecular complexity index is 252. The molecule has 1 aliphatic heterocycles. The second-order valence-electron chi connectivity index (χ2n) is 3.78. The summed E-state index contributed by atoms with van der Waals surface area (Å²) in [7, 11) is 0. The molecule has 0 aromatic heterocycles. The van der Waals surface area contributed by atoms with E-state index in [0.717, 1.165) is 25.9 Å². The van der Waals surface area contributed by atoms with Gasteiger partial charge in [-0.3, -0.25) is 10.1 Å². The van der Waals surface area contributed by atoms with Crippen LogP contribution in [0, 0.1) is 0 Å². The first-order valence-electron chi connectivity index (χ1n) is 5.44. The Hall–Kier alpha value is -0.810. The average Bonchev–Trinajstić information content (AvgIpc) is 2.70. The SMILES string of the molecule is CC(Cl)C(=O)NC(=O)NCCC1CCCO1. The highest BCUT2D eigenvalue weighted by molar-refractivity contribution is 6.31. The fourth-order valence-corrected chi connectivity index (χ4v) is 1.53. The number of carbonyl (C=O) groups excluding carboxylic acids is 2. The van der Waals surface area contributed by atoms with Gasteiger partial charge in [0, 0.05) is 13.2 Å². The van der Waals surface area contributed by atoms with Gasteiger partial charge in [0.15, 0.2) is 0 Å². The molecular weight excluding hydrogens is 232 g/mol. The predicted molar refractivity (Wildman–Crippen MR) is 60.4 cm³/mol. The number of rotatable bonds is 4. The van der Waals surface area contributed by atoms with Gasteiger partial charge in [-0.15, -0.1) is 11.6 Å². The summed E-state index contributed by atoms with van der Waals surface area (Å²) in [4.78, 5) is 22.2. The first kappa shape index (κ1) is 13.3. The molecule has 0 spiro atoms. The number of ether oxygens (including phenoxy) is 1. The van der Waals surface area contributed by atoms with Gasteiger partial charge in [-0.2, -0.15) is 0 Å². The van der Waals surface area contributed by atoms with Crippen LogP contribution in [0.1, 0.15) is 26.2 Å². The van der Waals surface area contributed by atoms with Crippen molar-refractivity contribution in [1.29, 1.82) is 0 Å². The number of hydrogen-bond acceptors (Lipinski definition) is 3. The lowest BCUT2D eigenvalue weighted by Crippen LogP contribution is -2.42.